The maximum atomic E-state index is 12.0. The molecule has 0 radical (unpaired) electrons. The van der Waals surface area contributed by atoms with E-state index >= 15 is 0 Å². The Bertz CT molecular complexity index is 257. The summed E-state index contributed by atoms with van der Waals surface area (Å²) in [5, 5.41) is 3.02. The highest BCUT2D eigenvalue weighted by Crippen LogP contribution is 2.35. The van der Waals surface area contributed by atoms with Crippen molar-refractivity contribution in [2.75, 3.05) is 33.4 Å². The van der Waals surface area contributed by atoms with Gasteiger partial charge in [-0.25, -0.2) is 4.79 Å². The van der Waals surface area contributed by atoms with E-state index in [4.69, 9.17) is 4.74 Å². The lowest BCUT2D eigenvalue weighted by Crippen LogP contribution is -2.39. The lowest BCUT2D eigenvalue weighted by atomic mass is 9.82. The van der Waals surface area contributed by atoms with Gasteiger partial charge in [0.15, 0.2) is 0 Å². The molecule has 1 heterocycles. The molecule has 4 heteroatoms. The molecule has 0 bridgehead atoms. The largest absolute Gasteiger partial charge is 0.385 e. The first-order valence-electron chi connectivity index (χ1n) is 7.33. The second kappa shape index (κ2) is 6.98. The number of carbonyl (C=O) groups excluding carboxylic acids is 1. The number of nitrogens with zero attached hydrogens (tertiary/aromatic N) is 1. The molecule has 2 fully saturated rings. The number of unbranched alkanes of at least 4 members (excludes halogenated alkanes) is 1. The minimum atomic E-state index is 0.141. The second-order valence-corrected chi connectivity index (χ2v) is 5.64. The monoisotopic (exact) mass is 254 g/mol. The van der Waals surface area contributed by atoms with Crippen LogP contribution in [0.5, 0.6) is 0 Å². The van der Waals surface area contributed by atoms with Crippen LogP contribution < -0.4 is 5.32 Å². The Morgan fingerprint density at radius 3 is 2.50 bits per heavy atom. The van der Waals surface area contributed by atoms with Gasteiger partial charge in [-0.3, -0.25) is 0 Å². The summed E-state index contributed by atoms with van der Waals surface area (Å²) in [6, 6.07) is 0.141. The van der Waals surface area contributed by atoms with Crippen LogP contribution in [-0.2, 0) is 4.74 Å². The summed E-state index contributed by atoms with van der Waals surface area (Å²) < 4.78 is 4.99. The Kier molecular flexibility index (Phi) is 5.29. The van der Waals surface area contributed by atoms with Gasteiger partial charge in [-0.1, -0.05) is 12.8 Å². The molecule has 1 saturated heterocycles. The number of hydrogen-bond acceptors (Lipinski definition) is 2. The molecule has 2 rings (SSSR count). The first-order valence-corrected chi connectivity index (χ1v) is 7.33. The molecule has 1 aliphatic carbocycles. The van der Waals surface area contributed by atoms with Crippen molar-refractivity contribution in [3.05, 3.63) is 0 Å². The van der Waals surface area contributed by atoms with Crippen LogP contribution in [0, 0.1) is 11.8 Å². The lowest BCUT2D eigenvalue weighted by Gasteiger charge is -2.22. The van der Waals surface area contributed by atoms with Crippen LogP contribution in [0.1, 0.15) is 38.5 Å². The third kappa shape index (κ3) is 3.61. The number of amides is 2. The molecule has 0 unspecified atom stereocenters. The number of likely N-dealkylation sites (tertiary alicyclic amines) is 1. The minimum Gasteiger partial charge on any atom is -0.385 e. The number of rotatable bonds is 5. The molecule has 18 heavy (non-hydrogen) atoms. The van der Waals surface area contributed by atoms with Gasteiger partial charge >= 0.3 is 6.03 Å². The first kappa shape index (κ1) is 13.7. The maximum Gasteiger partial charge on any atom is 0.317 e. The van der Waals surface area contributed by atoms with Crippen LogP contribution in [-0.4, -0.2) is 44.3 Å². The summed E-state index contributed by atoms with van der Waals surface area (Å²) in [6.07, 6.45) is 7.37. The summed E-state index contributed by atoms with van der Waals surface area (Å²) in [7, 11) is 1.71. The van der Waals surface area contributed by atoms with Crippen molar-refractivity contribution in [3.8, 4) is 0 Å². The van der Waals surface area contributed by atoms with Crippen molar-refractivity contribution >= 4 is 6.03 Å². The van der Waals surface area contributed by atoms with E-state index in [1.807, 2.05) is 4.90 Å². The van der Waals surface area contributed by atoms with Crippen molar-refractivity contribution in [3.63, 3.8) is 0 Å². The number of carbonyl (C=O) groups is 1. The van der Waals surface area contributed by atoms with Crippen molar-refractivity contribution in [1.29, 1.82) is 0 Å². The van der Waals surface area contributed by atoms with Crippen LogP contribution in [0.3, 0.4) is 0 Å². The highest BCUT2D eigenvalue weighted by Gasteiger charge is 2.36. The van der Waals surface area contributed by atoms with E-state index in [9.17, 15) is 4.79 Å². The molecule has 0 aromatic rings. The topological polar surface area (TPSA) is 41.6 Å². The van der Waals surface area contributed by atoms with Crippen molar-refractivity contribution in [1.82, 2.24) is 10.2 Å². The molecule has 1 aliphatic heterocycles. The maximum absolute atomic E-state index is 12.0. The predicted octanol–water partition coefficient (Wildman–Crippen LogP) is 2.24. The summed E-state index contributed by atoms with van der Waals surface area (Å²) >= 11 is 0. The molecule has 0 spiro atoms. The molecule has 0 aromatic carbocycles. The van der Waals surface area contributed by atoms with Gasteiger partial charge in [0.2, 0.25) is 0 Å². The quantitative estimate of drug-likeness (QED) is 0.765. The second-order valence-electron chi connectivity index (χ2n) is 5.64. The van der Waals surface area contributed by atoms with Gasteiger partial charge in [-0.05, 0) is 37.5 Å². The fourth-order valence-electron chi connectivity index (χ4n) is 3.25. The van der Waals surface area contributed by atoms with Gasteiger partial charge < -0.3 is 15.0 Å². The number of fused-ring (bicyclic) bond motifs is 1. The van der Waals surface area contributed by atoms with Gasteiger partial charge in [0.25, 0.3) is 0 Å². The molecule has 0 aromatic heterocycles. The Hall–Kier alpha value is -0.770. The van der Waals surface area contributed by atoms with E-state index in [1.165, 1.54) is 25.7 Å². The van der Waals surface area contributed by atoms with E-state index in [-0.39, 0.29) is 6.03 Å². The van der Waals surface area contributed by atoms with Gasteiger partial charge in [0.1, 0.15) is 0 Å². The fourth-order valence-corrected chi connectivity index (χ4v) is 3.25. The highest BCUT2D eigenvalue weighted by molar-refractivity contribution is 5.74. The third-order valence-corrected chi connectivity index (χ3v) is 4.31. The molecular weight excluding hydrogens is 228 g/mol. The molecule has 4 nitrogen and oxygen atoms in total. The van der Waals surface area contributed by atoms with Crippen molar-refractivity contribution < 1.29 is 9.53 Å². The Morgan fingerprint density at radius 1 is 1.22 bits per heavy atom. The van der Waals surface area contributed by atoms with E-state index in [2.05, 4.69) is 5.32 Å². The Labute approximate surface area is 110 Å². The van der Waals surface area contributed by atoms with Crippen LogP contribution in [0.15, 0.2) is 0 Å². The van der Waals surface area contributed by atoms with Gasteiger partial charge in [-0.15, -0.1) is 0 Å². The molecule has 1 saturated carbocycles. The zero-order valence-corrected chi connectivity index (χ0v) is 11.5. The Balaban J connectivity index is 1.64. The molecule has 2 amide bonds. The SMILES string of the molecule is COCCCCNC(=O)N1C[C@H]2CCCC[C@H]2C1. The van der Waals surface area contributed by atoms with Gasteiger partial charge in [0.05, 0.1) is 0 Å². The van der Waals surface area contributed by atoms with E-state index in [0.717, 1.165) is 50.9 Å². The standard InChI is InChI=1S/C14H26N2O2/c1-18-9-5-4-8-15-14(17)16-10-12-6-2-3-7-13(12)11-16/h12-13H,2-11H2,1H3,(H,15,17)/t12-,13+. The third-order valence-electron chi connectivity index (χ3n) is 4.31. The summed E-state index contributed by atoms with van der Waals surface area (Å²) in [5.74, 6) is 1.55. The van der Waals surface area contributed by atoms with Crippen LogP contribution >= 0.6 is 0 Å². The number of methoxy groups -OCH3 is 1. The lowest BCUT2D eigenvalue weighted by molar-refractivity contribution is 0.190. The van der Waals surface area contributed by atoms with Crippen LogP contribution in [0.2, 0.25) is 0 Å². The van der Waals surface area contributed by atoms with Gasteiger partial charge in [-0.2, -0.15) is 0 Å². The molecule has 2 aliphatic rings. The summed E-state index contributed by atoms with van der Waals surface area (Å²) in [6.45, 7) is 3.51. The molecule has 2 atom stereocenters. The average Bonchev–Trinajstić information content (AvgIpc) is 2.82. The number of nitrogens with one attached hydrogen (secondary N) is 1. The smallest absolute Gasteiger partial charge is 0.317 e. The van der Waals surface area contributed by atoms with E-state index in [0.29, 0.717) is 0 Å². The summed E-state index contributed by atoms with van der Waals surface area (Å²) in [4.78, 5) is 14.0. The van der Waals surface area contributed by atoms with Crippen molar-refractivity contribution in [2.45, 2.75) is 38.5 Å². The van der Waals surface area contributed by atoms with Gasteiger partial charge in [0, 0.05) is 33.4 Å². The van der Waals surface area contributed by atoms with Crippen molar-refractivity contribution in [2.24, 2.45) is 11.8 Å². The number of ether oxygens (including phenoxy) is 1. The molecule has 104 valence electrons. The van der Waals surface area contributed by atoms with E-state index in [1.54, 1.807) is 7.11 Å². The highest BCUT2D eigenvalue weighted by atomic mass is 16.5. The Morgan fingerprint density at radius 2 is 1.89 bits per heavy atom. The normalized spacial score (nSPS) is 27.1. The van der Waals surface area contributed by atoms with Crippen LogP contribution in [0.25, 0.3) is 0 Å². The summed E-state index contributed by atoms with van der Waals surface area (Å²) in [5.41, 5.74) is 0. The number of hydrogen-bond donors (Lipinski definition) is 1. The zero-order valence-electron chi connectivity index (χ0n) is 11.5. The first-order chi connectivity index (χ1) is 8.81. The fraction of sp³-hybridized carbons (Fsp3) is 0.929. The van der Waals surface area contributed by atoms with Crippen LogP contribution in [0.4, 0.5) is 4.79 Å². The average molecular weight is 254 g/mol. The van der Waals surface area contributed by atoms with E-state index < -0.39 is 0 Å². The minimum absolute atomic E-state index is 0.141. The predicted molar refractivity (Wildman–Crippen MR) is 71.5 cm³/mol. The zero-order chi connectivity index (χ0) is 12.8. The number of urea groups is 1. The molecular formula is C14H26N2O2. The molecule has 1 N–H and O–H groups in total.